The monoisotopic (exact) mass is 445 g/mol. The second-order valence-electron chi connectivity index (χ2n) is 5.86. The minimum Gasteiger partial charge on any atom is -0.497 e. The van der Waals surface area contributed by atoms with E-state index in [-0.39, 0.29) is 11.7 Å². The van der Waals surface area contributed by atoms with Crippen LogP contribution in [-0.2, 0) is 0 Å². The summed E-state index contributed by atoms with van der Waals surface area (Å²) in [6, 6.07) is 12.7. The summed E-state index contributed by atoms with van der Waals surface area (Å²) in [5, 5.41) is 9.10. The number of nitrogens with one attached hydrogen (secondary N) is 3. The van der Waals surface area contributed by atoms with E-state index in [9.17, 15) is 4.79 Å². The molecule has 8 nitrogen and oxygen atoms in total. The van der Waals surface area contributed by atoms with Crippen LogP contribution in [0.15, 0.2) is 51.6 Å². The summed E-state index contributed by atoms with van der Waals surface area (Å²) in [6.45, 7) is 2.76. The van der Waals surface area contributed by atoms with Crippen molar-refractivity contribution in [3.63, 3.8) is 0 Å². The second-order valence-corrected chi connectivity index (χ2v) is 6.64. The molecule has 0 aliphatic rings. The van der Waals surface area contributed by atoms with Gasteiger partial charge in [-0.2, -0.15) is 4.98 Å². The predicted octanol–water partition coefficient (Wildman–Crippen LogP) is 3.73. The number of amides is 1. The number of hydrogen-bond donors (Lipinski definition) is 3. The Balaban J connectivity index is 1.53. The third kappa shape index (κ3) is 5.46. The van der Waals surface area contributed by atoms with Gasteiger partial charge in [-0.05, 0) is 59.3 Å². The average Bonchev–Trinajstić information content (AvgIpc) is 3.12. The highest BCUT2D eigenvalue weighted by atomic mass is 79.9. The number of ether oxygens (including phenoxy) is 1. The summed E-state index contributed by atoms with van der Waals surface area (Å²) in [5.41, 5.74) is 1.71. The van der Waals surface area contributed by atoms with E-state index < -0.39 is 0 Å². The molecule has 0 fully saturated rings. The first kappa shape index (κ1) is 19.7. The molecule has 0 saturated carbocycles. The lowest BCUT2D eigenvalue weighted by Crippen LogP contribution is -2.28. The zero-order valence-electron chi connectivity index (χ0n) is 15.5. The molecule has 0 unspecified atom stereocenters. The van der Waals surface area contributed by atoms with E-state index in [0.29, 0.717) is 29.5 Å². The topological polar surface area (TPSA) is 101 Å². The van der Waals surface area contributed by atoms with Crippen LogP contribution >= 0.6 is 15.9 Å². The van der Waals surface area contributed by atoms with Crippen LogP contribution in [-0.4, -0.2) is 36.1 Å². The van der Waals surface area contributed by atoms with Gasteiger partial charge >= 0.3 is 0 Å². The maximum absolute atomic E-state index is 11.9. The number of rotatable bonds is 8. The maximum atomic E-state index is 11.9. The molecule has 0 radical (unpaired) electrons. The van der Waals surface area contributed by atoms with E-state index in [2.05, 4.69) is 41.8 Å². The standard InChI is InChI=1S/C19H20BrN5O3/c1-12-11-17(24-13-3-5-14(27-2)6-4-13)25-19(23-12)22-10-9-21-18(26)15-7-8-16(20)28-15/h3-8,11H,9-10H2,1-2H3,(H,21,26)(H2,22,23,24,25). The summed E-state index contributed by atoms with van der Waals surface area (Å²) in [4.78, 5) is 20.7. The zero-order valence-corrected chi connectivity index (χ0v) is 17.0. The number of halogens is 1. The maximum Gasteiger partial charge on any atom is 0.287 e. The first-order chi connectivity index (χ1) is 13.5. The fourth-order valence-electron chi connectivity index (χ4n) is 2.41. The van der Waals surface area contributed by atoms with Crippen molar-refractivity contribution >= 4 is 39.3 Å². The lowest BCUT2D eigenvalue weighted by molar-refractivity contribution is 0.0926. The van der Waals surface area contributed by atoms with Crippen LogP contribution in [0.3, 0.4) is 0 Å². The Hall–Kier alpha value is -3.07. The number of anilines is 3. The first-order valence-corrected chi connectivity index (χ1v) is 9.37. The Bertz CT molecular complexity index is 943. The third-order valence-corrected chi connectivity index (χ3v) is 4.13. The SMILES string of the molecule is COc1ccc(Nc2cc(C)nc(NCCNC(=O)c3ccc(Br)o3)n2)cc1. The number of hydrogen-bond acceptors (Lipinski definition) is 7. The third-order valence-electron chi connectivity index (χ3n) is 3.71. The molecule has 28 heavy (non-hydrogen) atoms. The molecule has 0 spiro atoms. The quantitative estimate of drug-likeness (QED) is 0.453. The Morgan fingerprint density at radius 1 is 1.14 bits per heavy atom. The molecule has 0 bridgehead atoms. The van der Waals surface area contributed by atoms with Gasteiger partial charge in [0.15, 0.2) is 10.4 Å². The average molecular weight is 446 g/mol. The van der Waals surface area contributed by atoms with Crippen molar-refractivity contribution in [1.29, 1.82) is 0 Å². The predicted molar refractivity (Wildman–Crippen MR) is 110 cm³/mol. The molecule has 9 heteroatoms. The summed E-state index contributed by atoms with van der Waals surface area (Å²) >= 11 is 3.17. The fraction of sp³-hybridized carbons (Fsp3) is 0.211. The second kappa shape index (κ2) is 9.23. The number of benzene rings is 1. The number of aryl methyl sites for hydroxylation is 1. The largest absolute Gasteiger partial charge is 0.497 e. The summed E-state index contributed by atoms with van der Waals surface area (Å²) in [7, 11) is 1.63. The van der Waals surface area contributed by atoms with E-state index >= 15 is 0 Å². The molecule has 0 aliphatic carbocycles. The van der Waals surface area contributed by atoms with Crippen molar-refractivity contribution in [2.45, 2.75) is 6.92 Å². The molecule has 0 atom stereocenters. The lowest BCUT2D eigenvalue weighted by atomic mass is 10.3. The van der Waals surface area contributed by atoms with E-state index in [0.717, 1.165) is 17.1 Å². The summed E-state index contributed by atoms with van der Waals surface area (Å²) in [6.07, 6.45) is 0. The van der Waals surface area contributed by atoms with Crippen molar-refractivity contribution in [1.82, 2.24) is 15.3 Å². The van der Waals surface area contributed by atoms with E-state index in [1.54, 1.807) is 19.2 Å². The Morgan fingerprint density at radius 3 is 2.61 bits per heavy atom. The highest BCUT2D eigenvalue weighted by molar-refractivity contribution is 9.10. The first-order valence-electron chi connectivity index (χ1n) is 8.57. The fourth-order valence-corrected chi connectivity index (χ4v) is 2.71. The molecule has 1 aromatic carbocycles. The molecule has 3 aromatic rings. The lowest BCUT2D eigenvalue weighted by Gasteiger charge is -2.10. The smallest absolute Gasteiger partial charge is 0.287 e. The zero-order chi connectivity index (χ0) is 19.9. The molecule has 1 amide bonds. The van der Waals surface area contributed by atoms with E-state index in [4.69, 9.17) is 9.15 Å². The number of nitrogens with zero attached hydrogens (tertiary/aromatic N) is 2. The number of carbonyl (C=O) groups is 1. The van der Waals surface area contributed by atoms with Crippen molar-refractivity contribution in [3.8, 4) is 5.75 Å². The number of furan rings is 1. The van der Waals surface area contributed by atoms with Gasteiger partial charge in [-0.3, -0.25) is 4.79 Å². The van der Waals surface area contributed by atoms with Gasteiger partial charge in [0.2, 0.25) is 5.95 Å². The molecule has 3 rings (SSSR count). The van der Waals surface area contributed by atoms with E-state index in [1.165, 1.54) is 0 Å². The Morgan fingerprint density at radius 2 is 1.93 bits per heavy atom. The van der Waals surface area contributed by atoms with Gasteiger partial charge in [-0.15, -0.1) is 0 Å². The van der Waals surface area contributed by atoms with Crippen molar-refractivity contribution in [3.05, 3.63) is 58.6 Å². The van der Waals surface area contributed by atoms with Crippen molar-refractivity contribution in [2.75, 3.05) is 30.8 Å². The van der Waals surface area contributed by atoms with Crippen LogP contribution in [0, 0.1) is 6.92 Å². The molecule has 2 heterocycles. The molecular weight excluding hydrogens is 426 g/mol. The molecule has 2 aromatic heterocycles. The number of methoxy groups -OCH3 is 1. The highest BCUT2D eigenvalue weighted by Crippen LogP contribution is 2.20. The normalized spacial score (nSPS) is 10.4. The minimum atomic E-state index is -0.278. The molecule has 3 N–H and O–H groups in total. The Labute approximate surface area is 170 Å². The van der Waals surface area contributed by atoms with Crippen molar-refractivity contribution < 1.29 is 13.9 Å². The van der Waals surface area contributed by atoms with Crippen LogP contribution in [0.25, 0.3) is 0 Å². The van der Waals surface area contributed by atoms with Gasteiger partial charge in [-0.1, -0.05) is 0 Å². The van der Waals surface area contributed by atoms with Crippen LogP contribution in [0.4, 0.5) is 17.5 Å². The molecule has 0 saturated heterocycles. The van der Waals surface area contributed by atoms with Crippen LogP contribution in [0.1, 0.15) is 16.2 Å². The summed E-state index contributed by atoms with van der Waals surface area (Å²) < 4.78 is 10.9. The molecule has 0 aliphatic heterocycles. The Kier molecular flexibility index (Phi) is 6.49. The van der Waals surface area contributed by atoms with Crippen LogP contribution in [0.5, 0.6) is 5.75 Å². The molecule has 146 valence electrons. The highest BCUT2D eigenvalue weighted by Gasteiger charge is 2.09. The number of aromatic nitrogens is 2. The van der Waals surface area contributed by atoms with Crippen LogP contribution in [0.2, 0.25) is 0 Å². The van der Waals surface area contributed by atoms with E-state index in [1.807, 2.05) is 37.3 Å². The van der Waals surface area contributed by atoms with Crippen molar-refractivity contribution in [2.24, 2.45) is 0 Å². The number of carbonyl (C=O) groups excluding carboxylic acids is 1. The van der Waals surface area contributed by atoms with Gasteiger partial charge in [0.1, 0.15) is 11.6 Å². The minimum absolute atomic E-state index is 0.254. The molecular formula is C19H20BrN5O3. The van der Waals surface area contributed by atoms with Gasteiger partial charge in [-0.25, -0.2) is 4.98 Å². The van der Waals surface area contributed by atoms with Gasteiger partial charge in [0, 0.05) is 30.5 Å². The van der Waals surface area contributed by atoms with Gasteiger partial charge in [0.25, 0.3) is 5.91 Å². The van der Waals surface area contributed by atoms with Gasteiger partial charge in [0.05, 0.1) is 7.11 Å². The van der Waals surface area contributed by atoms with Gasteiger partial charge < -0.3 is 25.1 Å². The summed E-state index contributed by atoms with van der Waals surface area (Å²) in [5.74, 6) is 1.91. The van der Waals surface area contributed by atoms with Crippen LogP contribution < -0.4 is 20.7 Å².